The number of rotatable bonds is 6. The summed E-state index contributed by atoms with van der Waals surface area (Å²) in [4.78, 5) is 12.1. The lowest BCUT2D eigenvalue weighted by Gasteiger charge is -2.16. The zero-order chi connectivity index (χ0) is 12.8. The van der Waals surface area contributed by atoms with Crippen LogP contribution in [0.2, 0.25) is 10.0 Å². The van der Waals surface area contributed by atoms with Crippen LogP contribution in [0.4, 0.5) is 0 Å². The zero-order valence-electron chi connectivity index (χ0n) is 9.70. The molecule has 0 heterocycles. The summed E-state index contributed by atoms with van der Waals surface area (Å²) in [7, 11) is 0. The summed E-state index contributed by atoms with van der Waals surface area (Å²) in [5.41, 5.74) is 0.311. The van der Waals surface area contributed by atoms with Crippen molar-refractivity contribution in [2.24, 2.45) is 0 Å². The molecule has 1 aromatic carbocycles. The molecule has 0 saturated heterocycles. The van der Waals surface area contributed by atoms with Crippen LogP contribution in [0, 0.1) is 0 Å². The van der Waals surface area contributed by atoms with Crippen LogP contribution in [0.1, 0.15) is 24.2 Å². The van der Waals surface area contributed by atoms with Crippen LogP contribution in [0.3, 0.4) is 0 Å². The van der Waals surface area contributed by atoms with E-state index in [1.165, 1.54) is 6.07 Å². The van der Waals surface area contributed by atoms with E-state index in [-0.39, 0.29) is 5.78 Å². The third-order valence-electron chi connectivity index (χ3n) is 2.04. The topological polar surface area (TPSA) is 35.5 Å². The Morgan fingerprint density at radius 1 is 1.24 bits per heavy atom. The molecule has 0 fully saturated rings. The van der Waals surface area contributed by atoms with Gasteiger partial charge in [-0.2, -0.15) is 0 Å². The van der Waals surface area contributed by atoms with E-state index in [2.05, 4.69) is 0 Å². The third-order valence-corrected chi connectivity index (χ3v) is 2.61. The minimum absolute atomic E-state index is 0.311. The summed E-state index contributed by atoms with van der Waals surface area (Å²) >= 11 is 11.8. The predicted octanol–water partition coefficient (Wildman–Crippen LogP) is 3.58. The maximum atomic E-state index is 12.1. The van der Waals surface area contributed by atoms with Gasteiger partial charge in [-0.3, -0.25) is 4.79 Å². The van der Waals surface area contributed by atoms with E-state index in [4.69, 9.17) is 32.7 Å². The first kappa shape index (κ1) is 14.5. The summed E-state index contributed by atoms with van der Waals surface area (Å²) in [5.74, 6) is -0.318. The highest BCUT2D eigenvalue weighted by atomic mass is 35.5. The highest BCUT2D eigenvalue weighted by Crippen LogP contribution is 2.22. The van der Waals surface area contributed by atoms with E-state index in [0.717, 1.165) is 0 Å². The second-order valence-corrected chi connectivity index (χ2v) is 4.07. The van der Waals surface area contributed by atoms with Crippen molar-refractivity contribution in [3.8, 4) is 0 Å². The van der Waals surface area contributed by atoms with Gasteiger partial charge in [0.15, 0.2) is 0 Å². The number of ether oxygens (including phenoxy) is 2. The smallest absolute Gasteiger partial charge is 0.222 e. The molecular formula is C12H14Cl2O3. The van der Waals surface area contributed by atoms with E-state index in [0.29, 0.717) is 28.8 Å². The first-order valence-corrected chi connectivity index (χ1v) is 6.08. The van der Waals surface area contributed by atoms with Gasteiger partial charge in [0.2, 0.25) is 12.1 Å². The van der Waals surface area contributed by atoms with Gasteiger partial charge in [0, 0.05) is 23.8 Å². The third kappa shape index (κ3) is 3.96. The summed E-state index contributed by atoms with van der Waals surface area (Å²) in [6.07, 6.45) is -0.930. The van der Waals surface area contributed by atoms with Gasteiger partial charge in [0.05, 0.1) is 5.02 Å². The first-order chi connectivity index (χ1) is 8.10. The van der Waals surface area contributed by atoms with Crippen LogP contribution in [0.15, 0.2) is 18.2 Å². The Kier molecular flexibility index (Phi) is 5.92. The Morgan fingerprint density at radius 3 is 2.35 bits per heavy atom. The molecule has 0 amide bonds. The number of ketones is 1. The molecule has 0 aromatic heterocycles. The number of hydrogen-bond acceptors (Lipinski definition) is 3. The number of hydrogen-bond donors (Lipinski definition) is 0. The van der Waals surface area contributed by atoms with Crippen molar-refractivity contribution in [3.05, 3.63) is 33.8 Å². The average molecular weight is 277 g/mol. The van der Waals surface area contributed by atoms with Gasteiger partial charge in [0.25, 0.3) is 0 Å². The largest absolute Gasteiger partial charge is 0.346 e. The number of benzene rings is 1. The van der Waals surface area contributed by atoms with E-state index in [1.54, 1.807) is 26.0 Å². The minimum atomic E-state index is -0.930. The lowest BCUT2D eigenvalue weighted by atomic mass is 10.1. The molecule has 0 bridgehead atoms. The van der Waals surface area contributed by atoms with Gasteiger partial charge < -0.3 is 9.47 Å². The Hall–Kier alpha value is -0.610. The van der Waals surface area contributed by atoms with Crippen LogP contribution < -0.4 is 0 Å². The molecule has 5 heteroatoms. The quantitative estimate of drug-likeness (QED) is 0.589. The molecule has 0 saturated carbocycles. The maximum absolute atomic E-state index is 12.1. The molecule has 0 aliphatic carbocycles. The van der Waals surface area contributed by atoms with Gasteiger partial charge in [-0.25, -0.2) is 0 Å². The lowest BCUT2D eigenvalue weighted by molar-refractivity contribution is -0.107. The molecule has 1 rings (SSSR count). The lowest BCUT2D eigenvalue weighted by Crippen LogP contribution is -2.28. The monoisotopic (exact) mass is 276 g/mol. The molecule has 0 aliphatic rings. The molecule has 0 atom stereocenters. The van der Waals surface area contributed by atoms with Gasteiger partial charge in [0.1, 0.15) is 0 Å². The van der Waals surface area contributed by atoms with E-state index >= 15 is 0 Å². The van der Waals surface area contributed by atoms with Crippen molar-refractivity contribution in [1.82, 2.24) is 0 Å². The molecule has 0 unspecified atom stereocenters. The Labute approximate surface area is 111 Å². The fourth-order valence-electron chi connectivity index (χ4n) is 1.32. The van der Waals surface area contributed by atoms with Gasteiger partial charge in [-0.1, -0.05) is 23.2 Å². The fraction of sp³-hybridized carbons (Fsp3) is 0.417. The molecule has 0 N–H and O–H groups in total. The predicted molar refractivity (Wildman–Crippen MR) is 67.8 cm³/mol. The molecular weight excluding hydrogens is 263 g/mol. The van der Waals surface area contributed by atoms with Crippen molar-refractivity contribution in [2.45, 2.75) is 20.1 Å². The number of Topliss-reactive ketones (excluding diaryl/α,β-unsaturated/α-hetero) is 1. The summed E-state index contributed by atoms with van der Waals surface area (Å²) < 4.78 is 10.4. The molecule has 1 aromatic rings. The second-order valence-electron chi connectivity index (χ2n) is 3.23. The Bertz CT molecular complexity index is 387. The zero-order valence-corrected chi connectivity index (χ0v) is 11.2. The van der Waals surface area contributed by atoms with Gasteiger partial charge in [-0.15, -0.1) is 0 Å². The van der Waals surface area contributed by atoms with E-state index in [9.17, 15) is 4.79 Å². The van der Waals surface area contributed by atoms with Crippen molar-refractivity contribution in [2.75, 3.05) is 13.2 Å². The standard InChI is InChI=1S/C12H14Cl2O3/c1-3-16-12(17-4-2)11(15)9-7-8(13)5-6-10(9)14/h5-7,12H,3-4H2,1-2H3. The van der Waals surface area contributed by atoms with Gasteiger partial charge >= 0.3 is 0 Å². The minimum Gasteiger partial charge on any atom is -0.346 e. The average Bonchev–Trinajstić information content (AvgIpc) is 2.31. The molecule has 0 aliphatic heterocycles. The number of carbonyl (C=O) groups is 1. The van der Waals surface area contributed by atoms with Gasteiger partial charge in [-0.05, 0) is 32.0 Å². The summed E-state index contributed by atoms with van der Waals surface area (Å²) in [6.45, 7) is 4.35. The highest BCUT2D eigenvalue weighted by Gasteiger charge is 2.23. The summed E-state index contributed by atoms with van der Waals surface area (Å²) in [6, 6.07) is 4.71. The molecule has 94 valence electrons. The molecule has 0 radical (unpaired) electrons. The van der Waals surface area contributed by atoms with Crippen LogP contribution in [0.5, 0.6) is 0 Å². The molecule has 17 heavy (non-hydrogen) atoms. The second kappa shape index (κ2) is 6.97. The summed E-state index contributed by atoms with van der Waals surface area (Å²) in [5, 5.41) is 0.785. The van der Waals surface area contributed by atoms with Crippen molar-refractivity contribution >= 4 is 29.0 Å². The van der Waals surface area contributed by atoms with E-state index in [1.807, 2.05) is 0 Å². The Balaban J connectivity index is 2.95. The number of carbonyl (C=O) groups excluding carboxylic acids is 1. The van der Waals surface area contributed by atoms with Crippen LogP contribution in [-0.4, -0.2) is 25.3 Å². The Morgan fingerprint density at radius 2 is 1.82 bits per heavy atom. The maximum Gasteiger partial charge on any atom is 0.222 e. The number of halogens is 2. The highest BCUT2D eigenvalue weighted by molar-refractivity contribution is 6.36. The van der Waals surface area contributed by atoms with E-state index < -0.39 is 6.29 Å². The first-order valence-electron chi connectivity index (χ1n) is 5.32. The molecule has 3 nitrogen and oxygen atoms in total. The van der Waals surface area contributed by atoms with Crippen molar-refractivity contribution in [3.63, 3.8) is 0 Å². The normalized spacial score (nSPS) is 10.9. The fourth-order valence-corrected chi connectivity index (χ4v) is 1.70. The van der Waals surface area contributed by atoms with Crippen LogP contribution in [0.25, 0.3) is 0 Å². The van der Waals surface area contributed by atoms with Crippen molar-refractivity contribution in [1.29, 1.82) is 0 Å². The van der Waals surface area contributed by atoms with Crippen LogP contribution in [-0.2, 0) is 9.47 Å². The molecule has 0 spiro atoms. The van der Waals surface area contributed by atoms with Crippen molar-refractivity contribution < 1.29 is 14.3 Å². The van der Waals surface area contributed by atoms with Crippen LogP contribution >= 0.6 is 23.2 Å². The SMILES string of the molecule is CCOC(OCC)C(=O)c1cc(Cl)ccc1Cl.